The fourth-order valence-electron chi connectivity index (χ4n) is 2.06. The van der Waals surface area contributed by atoms with Gasteiger partial charge in [-0.1, -0.05) is 53.9 Å². The molecule has 0 aliphatic rings. The van der Waals surface area contributed by atoms with Crippen molar-refractivity contribution in [3.05, 3.63) is 56.8 Å². The Morgan fingerprint density at radius 2 is 1.80 bits per heavy atom. The smallest absolute Gasteiger partial charge is 0.154 e. The topological polar surface area (TPSA) is 24.9 Å². The number of hydrogen-bond donors (Lipinski definition) is 1. The number of nitrogens with one attached hydrogen (secondary N) is 1. The molecular weight excluding hydrogens is 315 g/mol. The van der Waals surface area contributed by atoms with Crippen LogP contribution in [-0.2, 0) is 0 Å². The minimum atomic E-state index is 0.145. The van der Waals surface area contributed by atoms with Crippen LogP contribution in [0.3, 0.4) is 0 Å². The van der Waals surface area contributed by atoms with E-state index in [0.717, 1.165) is 28.3 Å². The van der Waals surface area contributed by atoms with E-state index in [1.165, 1.54) is 0 Å². The zero-order chi connectivity index (χ0) is 14.7. The van der Waals surface area contributed by atoms with Gasteiger partial charge in [-0.05, 0) is 42.7 Å². The first-order valence-corrected chi connectivity index (χ1v) is 7.49. The highest BCUT2D eigenvalue weighted by molar-refractivity contribution is 6.34. The predicted molar refractivity (Wildman–Crippen MR) is 87.1 cm³/mol. The van der Waals surface area contributed by atoms with E-state index < -0.39 is 0 Å². The van der Waals surface area contributed by atoms with Crippen LogP contribution in [0.1, 0.15) is 30.5 Å². The molecule has 0 aliphatic heterocycles. The van der Waals surface area contributed by atoms with Crippen molar-refractivity contribution < 1.29 is 0 Å². The van der Waals surface area contributed by atoms with E-state index in [1.807, 2.05) is 31.2 Å². The number of aryl methyl sites for hydroxylation is 1. The molecule has 5 heteroatoms. The lowest BCUT2D eigenvalue weighted by atomic mass is 10.0. The Morgan fingerprint density at radius 1 is 1.15 bits per heavy atom. The molecule has 1 aromatic heterocycles. The van der Waals surface area contributed by atoms with E-state index >= 15 is 0 Å². The lowest BCUT2D eigenvalue weighted by Crippen LogP contribution is -2.11. The van der Waals surface area contributed by atoms with E-state index in [-0.39, 0.29) is 6.04 Å². The number of nitrogens with zero attached hydrogens (tertiary/aromatic N) is 1. The summed E-state index contributed by atoms with van der Waals surface area (Å²) in [6.07, 6.45) is 0.917. The fraction of sp³-hybridized carbons (Fsp3) is 0.267. The molecule has 0 saturated carbocycles. The predicted octanol–water partition coefficient (Wildman–Crippen LogP) is 5.91. The van der Waals surface area contributed by atoms with Crippen molar-refractivity contribution in [2.24, 2.45) is 0 Å². The standard InChI is InChI=1S/C15H15Cl3N2/c1-3-12(10-4-6-11(16)7-5-10)19-14-9(2)8-13(17)20-15(14)18/h4-8,12,19H,3H2,1-2H3. The summed E-state index contributed by atoms with van der Waals surface area (Å²) >= 11 is 18.0. The molecule has 0 bridgehead atoms. The molecule has 0 spiro atoms. The van der Waals surface area contributed by atoms with Gasteiger partial charge in [-0.15, -0.1) is 0 Å². The Kier molecular flexibility index (Phi) is 5.14. The van der Waals surface area contributed by atoms with Crippen LogP contribution in [0.5, 0.6) is 0 Å². The second-order valence-electron chi connectivity index (χ2n) is 4.58. The monoisotopic (exact) mass is 328 g/mol. The van der Waals surface area contributed by atoms with Gasteiger partial charge in [0.15, 0.2) is 5.15 Å². The van der Waals surface area contributed by atoms with Crippen molar-refractivity contribution in [2.75, 3.05) is 5.32 Å². The first-order valence-electron chi connectivity index (χ1n) is 6.36. The summed E-state index contributed by atoms with van der Waals surface area (Å²) in [5, 5.41) is 4.95. The van der Waals surface area contributed by atoms with E-state index in [1.54, 1.807) is 6.07 Å². The highest BCUT2D eigenvalue weighted by Crippen LogP contribution is 2.31. The first kappa shape index (κ1) is 15.4. The zero-order valence-corrected chi connectivity index (χ0v) is 13.5. The molecule has 2 nitrogen and oxygen atoms in total. The summed E-state index contributed by atoms with van der Waals surface area (Å²) in [7, 11) is 0. The van der Waals surface area contributed by atoms with Gasteiger partial charge in [0.1, 0.15) is 5.15 Å². The summed E-state index contributed by atoms with van der Waals surface area (Å²) in [6, 6.07) is 9.73. The summed E-state index contributed by atoms with van der Waals surface area (Å²) < 4.78 is 0. The van der Waals surface area contributed by atoms with Crippen LogP contribution in [0.25, 0.3) is 0 Å². The number of hydrogen-bond acceptors (Lipinski definition) is 2. The van der Waals surface area contributed by atoms with Gasteiger partial charge in [-0.25, -0.2) is 4.98 Å². The van der Waals surface area contributed by atoms with Crippen molar-refractivity contribution in [1.82, 2.24) is 4.98 Å². The molecule has 0 fully saturated rings. The maximum Gasteiger partial charge on any atom is 0.154 e. The molecular formula is C15H15Cl3N2. The van der Waals surface area contributed by atoms with Crippen LogP contribution in [0.4, 0.5) is 5.69 Å². The molecule has 2 rings (SSSR count). The molecule has 1 aromatic carbocycles. The molecule has 1 unspecified atom stereocenters. The molecule has 0 aliphatic carbocycles. The van der Waals surface area contributed by atoms with Crippen LogP contribution < -0.4 is 5.32 Å². The van der Waals surface area contributed by atoms with Gasteiger partial charge in [-0.3, -0.25) is 0 Å². The molecule has 0 amide bonds. The second kappa shape index (κ2) is 6.66. The Bertz CT molecular complexity index is 574. The maximum absolute atomic E-state index is 6.17. The molecule has 0 saturated heterocycles. The molecule has 106 valence electrons. The third kappa shape index (κ3) is 3.57. The van der Waals surface area contributed by atoms with Crippen LogP contribution in [0, 0.1) is 6.92 Å². The number of rotatable bonds is 4. The second-order valence-corrected chi connectivity index (χ2v) is 5.77. The first-order chi connectivity index (χ1) is 9.51. The number of aromatic nitrogens is 1. The number of anilines is 1. The van der Waals surface area contributed by atoms with Gasteiger partial charge in [0.2, 0.25) is 0 Å². The highest BCUT2D eigenvalue weighted by atomic mass is 35.5. The largest absolute Gasteiger partial charge is 0.376 e. The van der Waals surface area contributed by atoms with Crippen molar-refractivity contribution in [3.8, 4) is 0 Å². The van der Waals surface area contributed by atoms with Crippen LogP contribution in [-0.4, -0.2) is 4.98 Å². The number of halogens is 3. The summed E-state index contributed by atoms with van der Waals surface area (Å²) in [5.74, 6) is 0. The van der Waals surface area contributed by atoms with Gasteiger partial charge in [0.25, 0.3) is 0 Å². The van der Waals surface area contributed by atoms with E-state index in [2.05, 4.69) is 17.2 Å². The molecule has 1 N–H and O–H groups in total. The molecule has 0 radical (unpaired) electrons. The molecule has 20 heavy (non-hydrogen) atoms. The number of benzene rings is 1. The quantitative estimate of drug-likeness (QED) is 0.705. The lowest BCUT2D eigenvalue weighted by Gasteiger charge is -2.21. The Labute approximate surface area is 134 Å². The van der Waals surface area contributed by atoms with Crippen molar-refractivity contribution >= 4 is 40.5 Å². The van der Waals surface area contributed by atoms with Gasteiger partial charge in [-0.2, -0.15) is 0 Å². The van der Waals surface area contributed by atoms with E-state index in [9.17, 15) is 0 Å². The van der Waals surface area contributed by atoms with Gasteiger partial charge in [0, 0.05) is 5.02 Å². The van der Waals surface area contributed by atoms with Crippen LogP contribution in [0.15, 0.2) is 30.3 Å². The van der Waals surface area contributed by atoms with Gasteiger partial charge < -0.3 is 5.32 Å². The fourth-order valence-corrected chi connectivity index (χ4v) is 2.77. The third-order valence-corrected chi connectivity index (χ3v) is 3.86. The van der Waals surface area contributed by atoms with Crippen molar-refractivity contribution in [3.63, 3.8) is 0 Å². The van der Waals surface area contributed by atoms with Gasteiger partial charge >= 0.3 is 0 Å². The molecule has 2 aromatic rings. The summed E-state index contributed by atoms with van der Waals surface area (Å²) in [5.41, 5.74) is 2.95. The summed E-state index contributed by atoms with van der Waals surface area (Å²) in [6.45, 7) is 4.06. The van der Waals surface area contributed by atoms with E-state index in [4.69, 9.17) is 34.8 Å². The third-order valence-electron chi connectivity index (χ3n) is 3.14. The molecule has 1 atom stereocenters. The van der Waals surface area contributed by atoms with Gasteiger partial charge in [0.05, 0.1) is 11.7 Å². The summed E-state index contributed by atoms with van der Waals surface area (Å²) in [4.78, 5) is 4.08. The average Bonchev–Trinajstić information content (AvgIpc) is 2.39. The van der Waals surface area contributed by atoms with Crippen molar-refractivity contribution in [2.45, 2.75) is 26.3 Å². The Morgan fingerprint density at radius 3 is 2.35 bits per heavy atom. The Hall–Kier alpha value is -0.960. The number of pyridine rings is 1. The SMILES string of the molecule is CCC(Nc1c(C)cc(Cl)nc1Cl)c1ccc(Cl)cc1. The average molecular weight is 330 g/mol. The lowest BCUT2D eigenvalue weighted by molar-refractivity contribution is 0.748. The highest BCUT2D eigenvalue weighted by Gasteiger charge is 2.14. The maximum atomic E-state index is 6.17. The van der Waals surface area contributed by atoms with Crippen LogP contribution in [0.2, 0.25) is 15.3 Å². The van der Waals surface area contributed by atoms with Crippen molar-refractivity contribution in [1.29, 1.82) is 0 Å². The normalized spacial score (nSPS) is 12.2. The molecule has 1 heterocycles. The van der Waals surface area contributed by atoms with Crippen LogP contribution >= 0.6 is 34.8 Å². The Balaban J connectivity index is 2.29. The minimum absolute atomic E-state index is 0.145. The zero-order valence-electron chi connectivity index (χ0n) is 11.3. The van der Waals surface area contributed by atoms with E-state index in [0.29, 0.717) is 10.3 Å². The minimum Gasteiger partial charge on any atom is -0.376 e.